The van der Waals surface area contributed by atoms with Crippen LogP contribution in [-0.2, 0) is 90.5 Å². The highest BCUT2D eigenvalue weighted by atomic mass is 16.8. The summed E-state index contributed by atoms with van der Waals surface area (Å²) in [6, 6.07) is 3.90. The Morgan fingerprint density at radius 1 is 0.559 bits per heavy atom. The van der Waals surface area contributed by atoms with Crippen LogP contribution in [0.25, 0.3) is 0 Å². The van der Waals surface area contributed by atoms with Crippen LogP contribution in [0.1, 0.15) is 76.1 Å². The van der Waals surface area contributed by atoms with E-state index in [1.54, 1.807) is 0 Å². The van der Waals surface area contributed by atoms with Crippen molar-refractivity contribution >= 4 is 59.6 Å². The summed E-state index contributed by atoms with van der Waals surface area (Å²) in [5, 5.41) is 0. The van der Waals surface area contributed by atoms with Crippen LogP contribution in [0.5, 0.6) is 0 Å². The summed E-state index contributed by atoms with van der Waals surface area (Å²) in [6.07, 6.45) is -17.6. The summed E-state index contributed by atoms with van der Waals surface area (Å²) in [4.78, 5) is 127. The topological polar surface area (TPSA) is 275 Å². The maximum Gasteiger partial charge on any atom is 0.305 e. The largest absolute Gasteiger partial charge is 0.463 e. The van der Waals surface area contributed by atoms with Crippen molar-refractivity contribution in [3.05, 3.63) is 35.4 Å². The lowest BCUT2D eigenvalue weighted by Gasteiger charge is -2.48. The van der Waals surface area contributed by atoms with Crippen LogP contribution in [0.4, 0.5) is 0 Å². The number of carbonyl (C=O) groups is 10. The minimum Gasteiger partial charge on any atom is -0.463 e. The molecule has 0 radical (unpaired) electrons. The summed E-state index contributed by atoms with van der Waals surface area (Å²) >= 11 is 0. The van der Waals surface area contributed by atoms with Crippen molar-refractivity contribution in [1.29, 1.82) is 0 Å². The average Bonchev–Trinajstić information content (AvgIpc) is 3.36. The molecule has 0 unspecified atom stereocenters. The molecule has 0 aliphatic carbocycles. The monoisotopic (exact) mass is 837 g/mol. The molecule has 1 aromatic rings. The molecule has 0 spiro atoms. The molecule has 1 aromatic carbocycles. The van der Waals surface area contributed by atoms with Crippen LogP contribution in [0.2, 0.25) is 0 Å². The number of amides is 2. The highest BCUT2D eigenvalue weighted by Crippen LogP contribution is 2.37. The lowest BCUT2D eigenvalue weighted by molar-refractivity contribution is -0.319. The van der Waals surface area contributed by atoms with E-state index >= 15 is 0 Å². The second-order valence-electron chi connectivity index (χ2n) is 13.3. The van der Waals surface area contributed by atoms with Gasteiger partial charge in [0.1, 0.15) is 24.9 Å². The highest BCUT2D eigenvalue weighted by molar-refractivity contribution is 6.21. The number of rotatable bonds is 14. The Labute approximate surface area is 335 Å². The standard InChI is InChI=1S/C37H43NO21/c1-15(39)49-13-26-28(52-17(3)41)30(53-18(4)42)27(38-34(47)23-11-9-10-12-24(23)35(38)48)36(58-26)50-14-25(51-16(2)40)29-31(54-19(5)43)32(55-20(6)44)33(56-21(7)45)37(59-29)57-22(8)46/h9-12,25-33,36-37H,13-14H2,1-8H3/t25-,26+,27+,28+,29+,30+,31+,32-,33-,36+,37-/m0/s1. The SMILES string of the molecule is CC(=O)OC[C@H]1O[C@@H](OC[C@H](OC(C)=O)[C@H]2O[C@H](OC(C)=O)[C@@H](OC(C)=O)[C@@H](OC(C)=O)[C@@H]2OC(C)=O)[C@H](N2C(=O)c3ccccc3C2=O)[C@@H](OC(C)=O)[C@@H]1OC(C)=O. The maximum atomic E-state index is 14.0. The second kappa shape index (κ2) is 19.6. The van der Waals surface area contributed by atoms with Crippen LogP contribution in [0, 0.1) is 0 Å². The van der Waals surface area contributed by atoms with Crippen molar-refractivity contribution in [2.45, 2.75) is 123 Å². The van der Waals surface area contributed by atoms with Gasteiger partial charge in [0.2, 0.25) is 12.4 Å². The van der Waals surface area contributed by atoms with Crippen molar-refractivity contribution < 1.29 is 100 Å². The van der Waals surface area contributed by atoms with E-state index < -0.39 is 140 Å². The first-order chi connectivity index (χ1) is 27.7. The molecule has 22 heteroatoms. The van der Waals surface area contributed by atoms with Gasteiger partial charge in [-0.2, -0.15) is 0 Å². The number of ether oxygens (including phenoxy) is 11. The van der Waals surface area contributed by atoms with Gasteiger partial charge in [0, 0.05) is 55.4 Å². The van der Waals surface area contributed by atoms with Gasteiger partial charge in [-0.3, -0.25) is 52.8 Å². The molecule has 322 valence electrons. The van der Waals surface area contributed by atoms with Gasteiger partial charge in [0.05, 0.1) is 17.7 Å². The third kappa shape index (κ3) is 11.4. The molecule has 11 atom stereocenters. The average molecular weight is 838 g/mol. The zero-order valence-electron chi connectivity index (χ0n) is 33.1. The quantitative estimate of drug-likeness (QED) is 0.134. The number of esters is 8. The Bertz CT molecular complexity index is 1810. The third-order valence-corrected chi connectivity index (χ3v) is 8.62. The minimum absolute atomic E-state index is 0.0584. The van der Waals surface area contributed by atoms with Crippen molar-refractivity contribution in [2.24, 2.45) is 0 Å². The number of imide groups is 1. The third-order valence-electron chi connectivity index (χ3n) is 8.62. The molecule has 59 heavy (non-hydrogen) atoms. The molecule has 2 fully saturated rings. The van der Waals surface area contributed by atoms with Crippen LogP contribution < -0.4 is 0 Å². The molecule has 3 aliphatic rings. The van der Waals surface area contributed by atoms with Gasteiger partial charge in [-0.05, 0) is 12.1 Å². The fraction of sp³-hybridized carbons (Fsp3) is 0.568. The summed E-state index contributed by atoms with van der Waals surface area (Å²) in [6.45, 7) is 6.40. The number of fused-ring (bicyclic) bond motifs is 1. The van der Waals surface area contributed by atoms with E-state index in [9.17, 15) is 47.9 Å². The number of hydrogen-bond acceptors (Lipinski definition) is 21. The van der Waals surface area contributed by atoms with Gasteiger partial charge in [-0.1, -0.05) is 12.1 Å². The minimum atomic E-state index is -1.91. The zero-order chi connectivity index (χ0) is 43.9. The van der Waals surface area contributed by atoms with E-state index in [1.807, 2.05) is 0 Å². The van der Waals surface area contributed by atoms with Crippen LogP contribution in [0.3, 0.4) is 0 Å². The van der Waals surface area contributed by atoms with Gasteiger partial charge in [-0.15, -0.1) is 0 Å². The number of nitrogens with zero attached hydrogens (tertiary/aromatic N) is 1. The van der Waals surface area contributed by atoms with E-state index in [2.05, 4.69) is 0 Å². The van der Waals surface area contributed by atoms with Gasteiger partial charge < -0.3 is 52.1 Å². The first-order valence-electron chi connectivity index (χ1n) is 17.9. The van der Waals surface area contributed by atoms with Crippen LogP contribution in [0.15, 0.2) is 24.3 Å². The predicted octanol–water partition coefficient (Wildman–Crippen LogP) is -0.166. The molecule has 0 bridgehead atoms. The molecule has 4 rings (SSSR count). The normalized spacial score (nSPS) is 27.9. The molecule has 3 aliphatic heterocycles. The molecule has 0 saturated carbocycles. The van der Waals surface area contributed by atoms with Gasteiger partial charge >= 0.3 is 47.8 Å². The lowest BCUT2D eigenvalue weighted by Crippen LogP contribution is -2.68. The van der Waals surface area contributed by atoms with Crippen LogP contribution >= 0.6 is 0 Å². The zero-order valence-corrected chi connectivity index (χ0v) is 33.1. The Morgan fingerprint density at radius 2 is 1.03 bits per heavy atom. The fourth-order valence-electron chi connectivity index (χ4n) is 6.73. The first-order valence-corrected chi connectivity index (χ1v) is 17.9. The van der Waals surface area contributed by atoms with E-state index in [-0.39, 0.29) is 11.1 Å². The Balaban J connectivity index is 1.86. The van der Waals surface area contributed by atoms with Crippen molar-refractivity contribution in [3.63, 3.8) is 0 Å². The molecule has 3 heterocycles. The van der Waals surface area contributed by atoms with Crippen molar-refractivity contribution in [3.8, 4) is 0 Å². The maximum absolute atomic E-state index is 14.0. The Morgan fingerprint density at radius 3 is 1.53 bits per heavy atom. The highest BCUT2D eigenvalue weighted by Gasteiger charge is 2.59. The summed E-state index contributed by atoms with van der Waals surface area (Å²) in [5.74, 6) is -9.44. The molecule has 2 saturated heterocycles. The molecular formula is C37H43NO21. The molecule has 0 N–H and O–H groups in total. The second-order valence-corrected chi connectivity index (χ2v) is 13.3. The Hall–Kier alpha value is -6.00. The van der Waals surface area contributed by atoms with E-state index in [1.165, 1.54) is 24.3 Å². The van der Waals surface area contributed by atoms with E-state index in [4.69, 9.17) is 52.1 Å². The molecule has 2 amide bonds. The van der Waals surface area contributed by atoms with Gasteiger partial charge in [0.25, 0.3) is 11.8 Å². The molecule has 22 nitrogen and oxygen atoms in total. The van der Waals surface area contributed by atoms with Crippen LogP contribution in [-0.4, -0.2) is 145 Å². The molecule has 0 aromatic heterocycles. The van der Waals surface area contributed by atoms with Crippen molar-refractivity contribution in [2.75, 3.05) is 13.2 Å². The number of hydrogen-bond donors (Lipinski definition) is 0. The lowest BCUT2D eigenvalue weighted by atomic mass is 9.93. The van der Waals surface area contributed by atoms with Gasteiger partial charge in [0.15, 0.2) is 36.8 Å². The van der Waals surface area contributed by atoms with Crippen molar-refractivity contribution in [1.82, 2.24) is 4.90 Å². The summed E-state index contributed by atoms with van der Waals surface area (Å²) in [7, 11) is 0. The Kier molecular flexibility index (Phi) is 15.2. The predicted molar refractivity (Wildman–Crippen MR) is 186 cm³/mol. The first kappa shape index (κ1) is 45.7. The summed E-state index contributed by atoms with van der Waals surface area (Å²) in [5.41, 5.74) is -0.117. The molecular weight excluding hydrogens is 794 g/mol. The number of carbonyl (C=O) groups excluding carboxylic acids is 10. The fourth-order valence-corrected chi connectivity index (χ4v) is 6.73. The number of benzene rings is 1. The van der Waals surface area contributed by atoms with Gasteiger partial charge in [-0.25, -0.2) is 0 Å². The summed E-state index contributed by atoms with van der Waals surface area (Å²) < 4.78 is 61.5. The van der Waals surface area contributed by atoms with E-state index in [0.29, 0.717) is 4.90 Å². The smallest absolute Gasteiger partial charge is 0.305 e. The van der Waals surface area contributed by atoms with E-state index in [0.717, 1.165) is 55.4 Å².